The predicted molar refractivity (Wildman–Crippen MR) is 87.0 cm³/mol. The lowest BCUT2D eigenvalue weighted by molar-refractivity contribution is -0.171. The van der Waals surface area contributed by atoms with Gasteiger partial charge in [-0.15, -0.1) is 0 Å². The number of methoxy groups -OCH3 is 1. The van der Waals surface area contributed by atoms with Gasteiger partial charge in [-0.25, -0.2) is 14.4 Å². The predicted octanol–water partition coefficient (Wildman–Crippen LogP) is -1.77. The quantitative estimate of drug-likeness (QED) is 0.160. The Labute approximate surface area is 152 Å². The lowest BCUT2D eigenvalue weighted by atomic mass is 10.0. The zero-order valence-corrected chi connectivity index (χ0v) is 13.9. The van der Waals surface area contributed by atoms with Crippen LogP contribution in [0.5, 0.6) is 11.5 Å². The fourth-order valence-electron chi connectivity index (χ4n) is 1.89. The molecule has 0 fully saturated rings. The van der Waals surface area contributed by atoms with Gasteiger partial charge in [-0.3, -0.25) is 0 Å². The Bertz CT molecular complexity index is 727. The van der Waals surface area contributed by atoms with Crippen molar-refractivity contribution in [1.82, 2.24) is 0 Å². The monoisotopic (exact) mass is 386 g/mol. The van der Waals surface area contributed by atoms with Crippen LogP contribution in [-0.4, -0.2) is 80.1 Å². The van der Waals surface area contributed by atoms with Gasteiger partial charge in [0.25, 0.3) is 0 Å². The Kier molecular flexibility index (Phi) is 7.87. The van der Waals surface area contributed by atoms with Crippen molar-refractivity contribution in [2.75, 3.05) is 7.11 Å². The molecule has 0 aliphatic heterocycles. The summed E-state index contributed by atoms with van der Waals surface area (Å²) < 4.78 is 9.82. The van der Waals surface area contributed by atoms with E-state index in [2.05, 4.69) is 0 Å². The van der Waals surface area contributed by atoms with Gasteiger partial charge in [0.2, 0.25) is 0 Å². The topological polar surface area (TPSA) is 191 Å². The van der Waals surface area contributed by atoms with E-state index in [-0.39, 0.29) is 11.5 Å². The largest absolute Gasteiger partial charge is 0.496 e. The molecular weight excluding hydrogens is 368 g/mol. The first-order chi connectivity index (χ1) is 12.6. The number of hydrogen-bond acceptors (Lipinski definition) is 9. The molecule has 0 radical (unpaired) electrons. The SMILES string of the molecule is COc1cc(OC(=O)C(O)C(O)C(O)C(O)C(=O)O)ccc1C=CC(=O)O. The number of hydrogen-bond donors (Lipinski definition) is 6. The molecular formula is C16H18O11. The van der Waals surface area contributed by atoms with E-state index in [9.17, 15) is 29.7 Å². The molecule has 0 heterocycles. The van der Waals surface area contributed by atoms with Gasteiger partial charge in [-0.1, -0.05) is 0 Å². The van der Waals surface area contributed by atoms with E-state index in [4.69, 9.17) is 24.8 Å². The highest BCUT2D eigenvalue weighted by Gasteiger charge is 2.38. The number of carbonyl (C=O) groups excluding carboxylic acids is 1. The molecule has 1 rings (SSSR count). The Morgan fingerprint density at radius 2 is 1.59 bits per heavy atom. The number of benzene rings is 1. The Morgan fingerprint density at radius 3 is 2.11 bits per heavy atom. The molecule has 1 aromatic rings. The molecule has 0 saturated carbocycles. The van der Waals surface area contributed by atoms with E-state index >= 15 is 0 Å². The summed E-state index contributed by atoms with van der Waals surface area (Å²) in [6.07, 6.45) is -7.37. The first-order valence-electron chi connectivity index (χ1n) is 7.34. The maximum atomic E-state index is 11.8. The number of ether oxygens (including phenoxy) is 2. The molecule has 6 N–H and O–H groups in total. The molecule has 0 bridgehead atoms. The number of aliphatic hydroxyl groups excluding tert-OH is 4. The summed E-state index contributed by atoms with van der Waals surface area (Å²) in [6, 6.07) is 3.79. The van der Waals surface area contributed by atoms with Gasteiger partial charge in [0, 0.05) is 17.7 Å². The first kappa shape index (κ1) is 22.1. The molecule has 27 heavy (non-hydrogen) atoms. The van der Waals surface area contributed by atoms with Gasteiger partial charge >= 0.3 is 17.9 Å². The smallest absolute Gasteiger partial charge is 0.343 e. The number of aliphatic carboxylic acids is 2. The third kappa shape index (κ3) is 6.04. The van der Waals surface area contributed by atoms with Crippen LogP contribution >= 0.6 is 0 Å². The fraction of sp³-hybridized carbons (Fsp3) is 0.312. The summed E-state index contributed by atoms with van der Waals surface area (Å²) in [5, 5.41) is 55.0. The third-order valence-electron chi connectivity index (χ3n) is 3.32. The summed E-state index contributed by atoms with van der Waals surface area (Å²) >= 11 is 0. The molecule has 0 spiro atoms. The Hall–Kier alpha value is -2.99. The zero-order valence-electron chi connectivity index (χ0n) is 13.9. The highest BCUT2D eigenvalue weighted by atomic mass is 16.6. The lowest BCUT2D eigenvalue weighted by Gasteiger charge is -2.23. The minimum Gasteiger partial charge on any atom is -0.496 e. The minimum absolute atomic E-state index is 0.133. The van der Waals surface area contributed by atoms with Crippen LogP contribution < -0.4 is 9.47 Å². The molecule has 11 heteroatoms. The number of rotatable bonds is 9. The van der Waals surface area contributed by atoms with E-state index in [1.165, 1.54) is 31.4 Å². The third-order valence-corrected chi connectivity index (χ3v) is 3.32. The minimum atomic E-state index is -2.43. The van der Waals surface area contributed by atoms with Crippen LogP contribution in [0.1, 0.15) is 5.56 Å². The molecule has 0 aliphatic carbocycles. The van der Waals surface area contributed by atoms with Crippen LogP contribution in [0.3, 0.4) is 0 Å². The van der Waals surface area contributed by atoms with Gasteiger partial charge in [0.1, 0.15) is 23.7 Å². The summed E-state index contributed by atoms with van der Waals surface area (Å²) in [5.41, 5.74) is 0.347. The molecule has 0 saturated heterocycles. The van der Waals surface area contributed by atoms with E-state index in [0.717, 1.165) is 6.08 Å². The van der Waals surface area contributed by atoms with Crippen LogP contribution in [-0.2, 0) is 14.4 Å². The van der Waals surface area contributed by atoms with Crippen molar-refractivity contribution in [3.05, 3.63) is 29.8 Å². The van der Waals surface area contributed by atoms with Crippen LogP contribution in [0.4, 0.5) is 0 Å². The highest BCUT2D eigenvalue weighted by Crippen LogP contribution is 2.26. The molecule has 1 aromatic carbocycles. The van der Waals surface area contributed by atoms with Gasteiger partial charge in [0.15, 0.2) is 12.2 Å². The second-order valence-corrected chi connectivity index (χ2v) is 5.21. The number of carboxylic acids is 2. The standard InChI is InChI=1S/C16H18O11/c1-26-9-6-8(4-2-7(9)3-5-10(17)18)27-16(25)14(22)12(20)11(19)13(21)15(23)24/h2-6,11-14,19-22H,1H3,(H,17,18)(H,23,24). The number of aliphatic hydroxyl groups is 4. The maximum Gasteiger partial charge on any atom is 0.343 e. The van der Waals surface area contributed by atoms with Crippen LogP contribution in [0.15, 0.2) is 24.3 Å². The van der Waals surface area contributed by atoms with Crippen molar-refractivity contribution in [1.29, 1.82) is 0 Å². The lowest BCUT2D eigenvalue weighted by Crippen LogP contribution is -2.50. The van der Waals surface area contributed by atoms with Crippen LogP contribution in [0, 0.1) is 0 Å². The van der Waals surface area contributed by atoms with Crippen molar-refractivity contribution in [2.24, 2.45) is 0 Å². The summed E-state index contributed by atoms with van der Waals surface area (Å²) in [6.45, 7) is 0. The normalized spacial score (nSPS) is 15.6. The summed E-state index contributed by atoms with van der Waals surface area (Å²) in [7, 11) is 1.28. The number of carboxylic acid groups (broad SMARTS) is 2. The average Bonchev–Trinajstić information content (AvgIpc) is 2.63. The maximum absolute atomic E-state index is 11.8. The van der Waals surface area contributed by atoms with Gasteiger partial charge < -0.3 is 40.1 Å². The number of esters is 1. The fourth-order valence-corrected chi connectivity index (χ4v) is 1.89. The molecule has 4 atom stereocenters. The highest BCUT2D eigenvalue weighted by molar-refractivity contribution is 5.86. The molecule has 0 aromatic heterocycles. The van der Waals surface area contributed by atoms with Gasteiger partial charge in [-0.05, 0) is 18.2 Å². The van der Waals surface area contributed by atoms with Gasteiger partial charge in [-0.2, -0.15) is 0 Å². The van der Waals surface area contributed by atoms with Crippen molar-refractivity contribution in [2.45, 2.75) is 24.4 Å². The van der Waals surface area contributed by atoms with E-state index in [0.29, 0.717) is 5.56 Å². The molecule has 0 aliphatic rings. The van der Waals surface area contributed by atoms with E-state index in [1.54, 1.807) is 0 Å². The number of carbonyl (C=O) groups is 3. The van der Waals surface area contributed by atoms with Crippen LogP contribution in [0.2, 0.25) is 0 Å². The molecule has 148 valence electrons. The summed E-state index contributed by atoms with van der Waals surface area (Å²) in [4.78, 5) is 32.9. The Balaban J connectivity index is 2.89. The Morgan fingerprint density at radius 1 is 1.00 bits per heavy atom. The van der Waals surface area contributed by atoms with E-state index in [1.807, 2.05) is 0 Å². The van der Waals surface area contributed by atoms with Crippen molar-refractivity contribution < 1.29 is 54.5 Å². The van der Waals surface area contributed by atoms with Crippen molar-refractivity contribution in [3.8, 4) is 11.5 Å². The molecule has 11 nitrogen and oxygen atoms in total. The average molecular weight is 386 g/mol. The second-order valence-electron chi connectivity index (χ2n) is 5.21. The molecule has 4 unspecified atom stereocenters. The first-order valence-corrected chi connectivity index (χ1v) is 7.34. The van der Waals surface area contributed by atoms with Crippen molar-refractivity contribution >= 4 is 24.0 Å². The second kappa shape index (κ2) is 9.64. The zero-order chi connectivity index (χ0) is 20.7. The van der Waals surface area contributed by atoms with Crippen molar-refractivity contribution in [3.63, 3.8) is 0 Å². The van der Waals surface area contributed by atoms with Crippen LogP contribution in [0.25, 0.3) is 6.08 Å². The van der Waals surface area contributed by atoms with E-state index < -0.39 is 42.3 Å². The molecule has 0 amide bonds. The van der Waals surface area contributed by atoms with Gasteiger partial charge in [0.05, 0.1) is 7.11 Å². The summed E-state index contributed by atoms with van der Waals surface area (Å²) in [5.74, 6) is -4.50.